The summed E-state index contributed by atoms with van der Waals surface area (Å²) >= 11 is 0. The average Bonchev–Trinajstić information content (AvgIpc) is 3.45. The lowest BCUT2D eigenvalue weighted by atomic mass is 9.87. The molecule has 0 spiro atoms. The van der Waals surface area contributed by atoms with Gasteiger partial charge in [-0.3, -0.25) is 0 Å². The van der Waals surface area contributed by atoms with Gasteiger partial charge in [-0.15, -0.1) is 0 Å². The highest BCUT2D eigenvalue weighted by atomic mass is 16.3. The van der Waals surface area contributed by atoms with Crippen molar-refractivity contribution in [3.8, 4) is 33.6 Å². The smallest absolute Gasteiger partial charge is 0.142 e. The van der Waals surface area contributed by atoms with E-state index in [1.807, 2.05) is 0 Å². The van der Waals surface area contributed by atoms with Crippen molar-refractivity contribution in [2.45, 2.75) is 0 Å². The van der Waals surface area contributed by atoms with E-state index in [-0.39, 0.29) is 0 Å². The van der Waals surface area contributed by atoms with Crippen molar-refractivity contribution < 1.29 is 4.42 Å². The van der Waals surface area contributed by atoms with Gasteiger partial charge in [0.25, 0.3) is 0 Å². The summed E-state index contributed by atoms with van der Waals surface area (Å²) in [4.78, 5) is 0. The van der Waals surface area contributed by atoms with Crippen molar-refractivity contribution in [1.82, 2.24) is 0 Å². The van der Waals surface area contributed by atoms with Gasteiger partial charge in [-0.05, 0) is 61.3 Å². The molecule has 0 N–H and O–H groups in total. The quantitative estimate of drug-likeness (QED) is 0.222. The molecule has 0 atom stereocenters. The van der Waals surface area contributed by atoms with Gasteiger partial charge in [-0.2, -0.15) is 0 Å². The van der Waals surface area contributed by atoms with Crippen molar-refractivity contribution in [2.75, 3.05) is 0 Å². The zero-order valence-corrected chi connectivity index (χ0v) is 21.3. The molecule has 8 aromatic rings. The molecule has 0 radical (unpaired) electrons. The standard InChI is InChI=1S/C38H24O/c1-2-11-25(12-3-1)27-14-10-15-28(23-27)36-31-17-6-8-19-33(31)37(34-20-9-7-18-32(34)36)35-24-29-22-21-26-13-4-5-16-30(26)38(29)39-35/h1-24H. The Balaban J connectivity index is 1.44. The number of hydrogen-bond acceptors (Lipinski definition) is 1. The molecule has 1 heteroatoms. The summed E-state index contributed by atoms with van der Waals surface area (Å²) in [6.07, 6.45) is 0. The van der Waals surface area contributed by atoms with E-state index < -0.39 is 0 Å². The minimum Gasteiger partial charge on any atom is -0.455 e. The highest BCUT2D eigenvalue weighted by Gasteiger charge is 2.19. The minimum atomic E-state index is 0.901. The number of fused-ring (bicyclic) bond motifs is 5. The molecule has 1 nitrogen and oxygen atoms in total. The van der Waals surface area contributed by atoms with Crippen LogP contribution < -0.4 is 0 Å². The maximum absolute atomic E-state index is 6.71. The van der Waals surface area contributed by atoms with Crippen LogP contribution in [0.4, 0.5) is 0 Å². The molecule has 0 unspecified atom stereocenters. The van der Waals surface area contributed by atoms with E-state index in [9.17, 15) is 0 Å². The van der Waals surface area contributed by atoms with Crippen LogP contribution in [0.15, 0.2) is 150 Å². The van der Waals surface area contributed by atoms with Gasteiger partial charge in [0.15, 0.2) is 0 Å². The fraction of sp³-hybridized carbons (Fsp3) is 0. The fourth-order valence-electron chi connectivity index (χ4n) is 6.08. The SMILES string of the molecule is c1ccc(-c2cccc(-c3c4ccccc4c(-c4cc5ccc6ccccc6c5o4)c4ccccc34)c2)cc1. The van der Waals surface area contributed by atoms with E-state index in [1.165, 1.54) is 49.2 Å². The second-order valence-electron chi connectivity index (χ2n) is 10.1. The van der Waals surface area contributed by atoms with Crippen molar-refractivity contribution in [3.63, 3.8) is 0 Å². The molecule has 0 aliphatic rings. The van der Waals surface area contributed by atoms with Gasteiger partial charge in [0.1, 0.15) is 11.3 Å². The molecular weight excluding hydrogens is 472 g/mol. The second-order valence-corrected chi connectivity index (χ2v) is 10.1. The van der Waals surface area contributed by atoms with Gasteiger partial charge >= 0.3 is 0 Å². The summed E-state index contributed by atoms with van der Waals surface area (Å²) in [5.41, 5.74) is 6.99. The molecule has 0 saturated heterocycles. The van der Waals surface area contributed by atoms with Crippen molar-refractivity contribution in [1.29, 1.82) is 0 Å². The summed E-state index contributed by atoms with van der Waals surface area (Å²) in [5.74, 6) is 0.901. The minimum absolute atomic E-state index is 0.901. The summed E-state index contributed by atoms with van der Waals surface area (Å²) in [7, 11) is 0. The first-order chi connectivity index (χ1) is 19.3. The third-order valence-electron chi connectivity index (χ3n) is 7.84. The van der Waals surface area contributed by atoms with Gasteiger partial charge in [-0.25, -0.2) is 0 Å². The lowest BCUT2D eigenvalue weighted by Crippen LogP contribution is -1.90. The van der Waals surface area contributed by atoms with Gasteiger partial charge in [0.05, 0.1) is 0 Å². The molecule has 7 aromatic carbocycles. The second kappa shape index (κ2) is 8.72. The topological polar surface area (TPSA) is 13.1 Å². The molecule has 0 amide bonds. The lowest BCUT2D eigenvalue weighted by Gasteiger charge is -2.17. The summed E-state index contributed by atoms with van der Waals surface area (Å²) in [6.45, 7) is 0. The van der Waals surface area contributed by atoms with E-state index in [4.69, 9.17) is 4.42 Å². The zero-order valence-electron chi connectivity index (χ0n) is 21.3. The highest BCUT2D eigenvalue weighted by molar-refractivity contribution is 6.21. The Bertz CT molecular complexity index is 2110. The summed E-state index contributed by atoms with van der Waals surface area (Å²) in [6, 6.07) is 51.9. The third-order valence-corrected chi connectivity index (χ3v) is 7.84. The van der Waals surface area contributed by atoms with Crippen LogP contribution in [0.1, 0.15) is 0 Å². The Labute approximate surface area is 226 Å². The monoisotopic (exact) mass is 496 g/mol. The Hall–Kier alpha value is -5.14. The Morgan fingerprint density at radius 3 is 1.59 bits per heavy atom. The third kappa shape index (κ3) is 3.48. The molecule has 0 aliphatic carbocycles. The van der Waals surface area contributed by atoms with E-state index in [0.717, 1.165) is 27.7 Å². The maximum Gasteiger partial charge on any atom is 0.142 e. The number of furan rings is 1. The van der Waals surface area contributed by atoms with E-state index in [1.54, 1.807) is 0 Å². The highest BCUT2D eigenvalue weighted by Crippen LogP contribution is 2.45. The van der Waals surface area contributed by atoms with Crippen LogP contribution in [0.25, 0.3) is 76.9 Å². The van der Waals surface area contributed by atoms with Crippen molar-refractivity contribution >= 4 is 43.3 Å². The number of rotatable bonds is 3. The summed E-state index contributed by atoms with van der Waals surface area (Å²) in [5, 5.41) is 8.29. The van der Waals surface area contributed by atoms with Crippen molar-refractivity contribution in [2.24, 2.45) is 0 Å². The molecule has 182 valence electrons. The molecular formula is C38H24O. The number of benzene rings is 7. The Morgan fingerprint density at radius 1 is 0.333 bits per heavy atom. The van der Waals surface area contributed by atoms with Crippen LogP contribution in [0, 0.1) is 0 Å². The first kappa shape index (κ1) is 21.9. The normalized spacial score (nSPS) is 11.6. The van der Waals surface area contributed by atoms with Crippen LogP contribution in [0.5, 0.6) is 0 Å². The molecule has 1 aromatic heterocycles. The maximum atomic E-state index is 6.71. The van der Waals surface area contributed by atoms with Crippen LogP contribution in [-0.4, -0.2) is 0 Å². The van der Waals surface area contributed by atoms with Crippen molar-refractivity contribution in [3.05, 3.63) is 146 Å². The first-order valence-corrected chi connectivity index (χ1v) is 13.4. The van der Waals surface area contributed by atoms with Gasteiger partial charge in [0.2, 0.25) is 0 Å². The molecule has 0 saturated carbocycles. The molecule has 39 heavy (non-hydrogen) atoms. The predicted molar refractivity (Wildman–Crippen MR) is 165 cm³/mol. The van der Waals surface area contributed by atoms with Crippen LogP contribution in [-0.2, 0) is 0 Å². The molecule has 0 fully saturated rings. The first-order valence-electron chi connectivity index (χ1n) is 13.4. The van der Waals surface area contributed by atoms with E-state index >= 15 is 0 Å². The molecule has 0 bridgehead atoms. The lowest BCUT2D eigenvalue weighted by molar-refractivity contribution is 0.636. The molecule has 0 aliphatic heterocycles. The Kier molecular flexibility index (Phi) is 4.89. The Morgan fingerprint density at radius 2 is 0.872 bits per heavy atom. The predicted octanol–water partition coefficient (Wildman–Crippen LogP) is 10.9. The van der Waals surface area contributed by atoms with Crippen LogP contribution in [0.2, 0.25) is 0 Å². The van der Waals surface area contributed by atoms with E-state index in [2.05, 4.69) is 146 Å². The zero-order chi connectivity index (χ0) is 25.8. The fourth-order valence-corrected chi connectivity index (χ4v) is 6.08. The van der Waals surface area contributed by atoms with Crippen LogP contribution >= 0.6 is 0 Å². The average molecular weight is 497 g/mol. The van der Waals surface area contributed by atoms with Gasteiger partial charge in [-0.1, -0.05) is 133 Å². The number of hydrogen-bond donors (Lipinski definition) is 0. The van der Waals surface area contributed by atoms with Gasteiger partial charge < -0.3 is 4.42 Å². The van der Waals surface area contributed by atoms with Crippen LogP contribution in [0.3, 0.4) is 0 Å². The summed E-state index contributed by atoms with van der Waals surface area (Å²) < 4.78 is 6.71. The molecule has 8 rings (SSSR count). The molecule has 1 heterocycles. The van der Waals surface area contributed by atoms with Gasteiger partial charge in [0, 0.05) is 16.3 Å². The largest absolute Gasteiger partial charge is 0.455 e. The van der Waals surface area contributed by atoms with E-state index in [0.29, 0.717) is 0 Å².